The van der Waals surface area contributed by atoms with E-state index >= 15 is 0 Å². The number of amides is 2. The molecule has 8 heteroatoms. The van der Waals surface area contributed by atoms with Gasteiger partial charge in [-0.2, -0.15) is 5.10 Å². The summed E-state index contributed by atoms with van der Waals surface area (Å²) < 4.78 is 0. The Kier molecular flexibility index (Phi) is 4.18. The molecule has 0 unspecified atom stereocenters. The van der Waals surface area contributed by atoms with Gasteiger partial charge < -0.3 is 4.90 Å². The summed E-state index contributed by atoms with van der Waals surface area (Å²) in [5, 5.41) is 10.5. The minimum Gasteiger partial charge on any atom is -0.366 e. The van der Waals surface area contributed by atoms with Crippen molar-refractivity contribution in [2.45, 2.75) is 38.1 Å². The highest BCUT2D eigenvalue weighted by Gasteiger charge is 2.40. The van der Waals surface area contributed by atoms with Crippen LogP contribution in [0.5, 0.6) is 0 Å². The fourth-order valence-corrected chi connectivity index (χ4v) is 4.03. The van der Waals surface area contributed by atoms with Crippen molar-refractivity contribution in [3.8, 4) is 0 Å². The average molecular weight is 378 g/mol. The second-order valence-electron chi connectivity index (χ2n) is 7.74. The lowest BCUT2D eigenvalue weighted by molar-refractivity contribution is 0.0973. The Balaban J connectivity index is 1.43. The molecule has 8 nitrogen and oxygen atoms in total. The van der Waals surface area contributed by atoms with Gasteiger partial charge in [-0.1, -0.05) is 12.8 Å². The van der Waals surface area contributed by atoms with E-state index in [0.717, 1.165) is 31.6 Å². The quantitative estimate of drug-likeness (QED) is 0.805. The molecule has 1 atom stereocenters. The molecule has 0 aromatic carbocycles. The molecule has 2 fully saturated rings. The zero-order valence-electron chi connectivity index (χ0n) is 15.5. The lowest BCUT2D eigenvalue weighted by Gasteiger charge is -2.35. The summed E-state index contributed by atoms with van der Waals surface area (Å²) in [6, 6.07) is 6.89. The van der Waals surface area contributed by atoms with Crippen molar-refractivity contribution in [1.29, 1.82) is 0 Å². The summed E-state index contributed by atoms with van der Waals surface area (Å²) in [6.07, 6.45) is 6.35. The average Bonchev–Trinajstić information content (AvgIpc) is 3.46. The molecule has 1 N–H and O–H groups in total. The van der Waals surface area contributed by atoms with Crippen LogP contribution in [0.2, 0.25) is 0 Å². The molecular weight excluding hydrogens is 356 g/mol. The van der Waals surface area contributed by atoms with E-state index < -0.39 is 0 Å². The molecule has 0 radical (unpaired) electrons. The lowest BCUT2D eigenvalue weighted by atomic mass is 10.1. The number of aromatic nitrogens is 3. The number of urea groups is 1. The molecule has 28 heavy (non-hydrogen) atoms. The Bertz CT molecular complexity index is 914. The van der Waals surface area contributed by atoms with Gasteiger partial charge in [-0.3, -0.25) is 15.0 Å². The zero-order chi connectivity index (χ0) is 19.1. The summed E-state index contributed by atoms with van der Waals surface area (Å²) in [6.45, 7) is 1.65. The maximum atomic E-state index is 13.0. The number of nitrogens with zero attached hydrogens (tertiary/aromatic N) is 5. The molecule has 1 saturated heterocycles. The molecule has 1 saturated carbocycles. The van der Waals surface area contributed by atoms with Crippen molar-refractivity contribution in [1.82, 2.24) is 15.2 Å². The van der Waals surface area contributed by atoms with Crippen LogP contribution in [-0.4, -0.2) is 46.1 Å². The van der Waals surface area contributed by atoms with E-state index in [0.29, 0.717) is 29.7 Å². The van der Waals surface area contributed by atoms with Gasteiger partial charge in [-0.25, -0.2) is 9.78 Å². The number of pyridine rings is 1. The molecule has 5 rings (SSSR count). The Labute approximate surface area is 163 Å². The number of carbonyl (C=O) groups is 2. The van der Waals surface area contributed by atoms with E-state index in [4.69, 9.17) is 0 Å². The number of ketones is 1. The first-order valence-corrected chi connectivity index (χ1v) is 9.86. The van der Waals surface area contributed by atoms with Crippen molar-refractivity contribution < 1.29 is 9.59 Å². The fraction of sp³-hybridized carbons (Fsp3) is 0.450. The number of nitrogens with one attached hydrogen (secondary N) is 1. The van der Waals surface area contributed by atoms with Crippen LogP contribution in [0, 0.1) is 5.92 Å². The minimum atomic E-state index is -0.289. The van der Waals surface area contributed by atoms with E-state index in [9.17, 15) is 9.59 Å². The van der Waals surface area contributed by atoms with Crippen molar-refractivity contribution >= 4 is 29.1 Å². The highest BCUT2D eigenvalue weighted by Crippen LogP contribution is 2.39. The van der Waals surface area contributed by atoms with E-state index in [-0.39, 0.29) is 17.9 Å². The van der Waals surface area contributed by atoms with Crippen LogP contribution in [-0.2, 0) is 0 Å². The van der Waals surface area contributed by atoms with Gasteiger partial charge in [-0.05, 0) is 43.0 Å². The zero-order valence-corrected chi connectivity index (χ0v) is 15.5. The third kappa shape index (κ3) is 3.19. The second-order valence-corrected chi connectivity index (χ2v) is 7.74. The van der Waals surface area contributed by atoms with Crippen molar-refractivity contribution in [2.75, 3.05) is 28.2 Å². The molecule has 4 heterocycles. The Morgan fingerprint density at radius 2 is 2.07 bits per heavy atom. The SMILES string of the molecule is O=C(CCC1CC1)c1ccc2c(n1)N(C(=O)Nc1cccnn1)[C@H]1CCN2C1. The van der Waals surface area contributed by atoms with Gasteiger partial charge in [0.05, 0.1) is 11.7 Å². The molecule has 0 spiro atoms. The Morgan fingerprint density at radius 3 is 2.86 bits per heavy atom. The van der Waals surface area contributed by atoms with Gasteiger partial charge in [0, 0.05) is 25.7 Å². The summed E-state index contributed by atoms with van der Waals surface area (Å²) in [4.78, 5) is 34.2. The first kappa shape index (κ1) is 17.1. The second kappa shape index (κ2) is 6.85. The number of carbonyl (C=O) groups excluding carboxylic acids is 2. The molecule has 3 aliphatic rings. The van der Waals surface area contributed by atoms with Crippen LogP contribution in [0.1, 0.15) is 42.6 Å². The number of Topliss-reactive ketones (excluding diaryl/α,β-unsaturated/α-hetero) is 1. The van der Waals surface area contributed by atoms with E-state index in [1.54, 1.807) is 29.3 Å². The highest BCUT2D eigenvalue weighted by molar-refractivity contribution is 6.05. The van der Waals surface area contributed by atoms with Crippen LogP contribution in [0.25, 0.3) is 0 Å². The molecule has 2 aromatic rings. The van der Waals surface area contributed by atoms with Crippen LogP contribution >= 0.6 is 0 Å². The maximum Gasteiger partial charge on any atom is 0.329 e. The van der Waals surface area contributed by atoms with Gasteiger partial charge >= 0.3 is 6.03 Å². The predicted molar refractivity (Wildman–Crippen MR) is 105 cm³/mol. The number of anilines is 3. The summed E-state index contributed by atoms with van der Waals surface area (Å²) >= 11 is 0. The van der Waals surface area contributed by atoms with E-state index in [2.05, 4.69) is 25.4 Å². The van der Waals surface area contributed by atoms with Crippen LogP contribution in [0.3, 0.4) is 0 Å². The number of hydrogen-bond acceptors (Lipinski definition) is 6. The maximum absolute atomic E-state index is 13.0. The third-order valence-electron chi connectivity index (χ3n) is 5.74. The normalized spacial score (nSPS) is 20.1. The number of hydrogen-bond donors (Lipinski definition) is 1. The van der Waals surface area contributed by atoms with Crippen molar-refractivity contribution in [3.63, 3.8) is 0 Å². The largest absolute Gasteiger partial charge is 0.366 e. The van der Waals surface area contributed by atoms with Crippen LogP contribution in [0.4, 0.5) is 22.1 Å². The number of rotatable bonds is 5. The molecule has 2 aromatic heterocycles. The minimum absolute atomic E-state index is 0.0356. The summed E-state index contributed by atoms with van der Waals surface area (Å²) in [5.41, 5.74) is 1.35. The van der Waals surface area contributed by atoms with E-state index in [1.807, 2.05) is 6.07 Å². The Hall–Kier alpha value is -3.03. The lowest BCUT2D eigenvalue weighted by Crippen LogP contribution is -2.48. The van der Waals surface area contributed by atoms with E-state index in [1.165, 1.54) is 12.8 Å². The van der Waals surface area contributed by atoms with Crippen LogP contribution < -0.4 is 15.1 Å². The van der Waals surface area contributed by atoms with Gasteiger partial charge in [0.2, 0.25) is 0 Å². The topological polar surface area (TPSA) is 91.3 Å². The first-order valence-electron chi connectivity index (χ1n) is 9.86. The molecular formula is C20H22N6O2. The summed E-state index contributed by atoms with van der Waals surface area (Å²) in [5.74, 6) is 1.72. The molecule has 144 valence electrons. The number of fused-ring (bicyclic) bond motifs is 4. The molecule has 2 amide bonds. The monoisotopic (exact) mass is 378 g/mol. The Morgan fingerprint density at radius 1 is 1.18 bits per heavy atom. The van der Waals surface area contributed by atoms with Crippen molar-refractivity contribution in [3.05, 3.63) is 36.2 Å². The predicted octanol–water partition coefficient (Wildman–Crippen LogP) is 2.88. The van der Waals surface area contributed by atoms with Gasteiger partial charge in [0.25, 0.3) is 0 Å². The summed E-state index contributed by atoms with van der Waals surface area (Å²) in [7, 11) is 0. The molecule has 2 aliphatic heterocycles. The van der Waals surface area contributed by atoms with Crippen molar-refractivity contribution in [2.24, 2.45) is 5.92 Å². The fourth-order valence-electron chi connectivity index (χ4n) is 4.03. The molecule has 2 bridgehead atoms. The van der Waals surface area contributed by atoms with Gasteiger partial charge in [-0.15, -0.1) is 5.10 Å². The molecule has 1 aliphatic carbocycles. The van der Waals surface area contributed by atoms with Crippen LogP contribution in [0.15, 0.2) is 30.5 Å². The smallest absolute Gasteiger partial charge is 0.329 e. The standard InChI is InChI=1S/C20H22N6O2/c27-17(8-5-13-3-4-13)15-6-7-16-19(22-15)26(14-9-11-25(16)12-14)20(28)23-18-2-1-10-21-24-18/h1-2,6-7,10,13-14H,3-5,8-9,11-12H2,(H,23,24,28)/t14-/m0/s1. The first-order chi connectivity index (χ1) is 13.7. The third-order valence-corrected chi connectivity index (χ3v) is 5.74. The highest BCUT2D eigenvalue weighted by atomic mass is 16.2. The van der Waals surface area contributed by atoms with Gasteiger partial charge in [0.1, 0.15) is 5.69 Å². The van der Waals surface area contributed by atoms with Gasteiger partial charge in [0.15, 0.2) is 17.4 Å².